The average Bonchev–Trinajstić information content (AvgIpc) is 2.77. The molecule has 0 saturated carbocycles. The number of aromatic nitrogens is 1. The average molecular weight is 285 g/mol. The van der Waals surface area contributed by atoms with Crippen LogP contribution >= 0.6 is 11.3 Å². The van der Waals surface area contributed by atoms with Crippen molar-refractivity contribution in [3.05, 3.63) is 24.3 Å². The quantitative estimate of drug-likeness (QED) is 0.803. The van der Waals surface area contributed by atoms with Gasteiger partial charge in [0.25, 0.3) is 0 Å². The lowest BCUT2D eigenvalue weighted by Crippen LogP contribution is -2.49. The first kappa shape index (κ1) is 11.5. The van der Waals surface area contributed by atoms with Crippen molar-refractivity contribution in [1.82, 2.24) is 9.88 Å². The SMILES string of the molecule is c1ccc2sc(N3CC4CC5CC3CN(C5)C4)nc2c1. The maximum Gasteiger partial charge on any atom is 0.186 e. The predicted octanol–water partition coefficient (Wildman–Crippen LogP) is 2.83. The van der Waals surface area contributed by atoms with Gasteiger partial charge in [-0.1, -0.05) is 23.5 Å². The highest BCUT2D eigenvalue weighted by Gasteiger charge is 2.42. The van der Waals surface area contributed by atoms with Crippen LogP contribution in [0.3, 0.4) is 0 Å². The van der Waals surface area contributed by atoms with Crippen molar-refractivity contribution in [2.24, 2.45) is 11.8 Å². The van der Waals surface area contributed by atoms with Crippen molar-refractivity contribution < 1.29 is 0 Å². The molecule has 0 radical (unpaired) electrons. The highest BCUT2D eigenvalue weighted by Crippen LogP contribution is 2.40. The van der Waals surface area contributed by atoms with Crippen LogP contribution in [-0.4, -0.2) is 42.1 Å². The molecule has 4 aliphatic rings. The molecule has 104 valence electrons. The minimum absolute atomic E-state index is 0.696. The number of rotatable bonds is 1. The van der Waals surface area contributed by atoms with Crippen molar-refractivity contribution in [2.45, 2.75) is 18.9 Å². The number of hydrogen-bond acceptors (Lipinski definition) is 4. The van der Waals surface area contributed by atoms with Gasteiger partial charge in [-0.25, -0.2) is 4.98 Å². The molecular formula is C16H19N3S. The first-order chi connectivity index (χ1) is 9.85. The molecule has 0 N–H and O–H groups in total. The highest BCUT2D eigenvalue weighted by atomic mass is 32.1. The molecule has 6 rings (SSSR count). The van der Waals surface area contributed by atoms with E-state index in [4.69, 9.17) is 4.98 Å². The molecule has 4 aliphatic heterocycles. The Morgan fingerprint density at radius 3 is 2.80 bits per heavy atom. The second-order valence-electron chi connectivity index (χ2n) is 6.69. The largest absolute Gasteiger partial charge is 0.343 e. The Hall–Kier alpha value is -1.13. The molecule has 4 atom stereocenters. The molecule has 1 aromatic heterocycles. The molecule has 1 aromatic carbocycles. The van der Waals surface area contributed by atoms with Crippen molar-refractivity contribution in [3.8, 4) is 0 Å². The second kappa shape index (κ2) is 4.18. The van der Waals surface area contributed by atoms with E-state index in [-0.39, 0.29) is 0 Å². The van der Waals surface area contributed by atoms with Crippen LogP contribution < -0.4 is 4.90 Å². The number of fused-ring (bicyclic) bond motifs is 2. The minimum atomic E-state index is 0.696. The van der Waals surface area contributed by atoms with Crippen LogP contribution in [0.5, 0.6) is 0 Å². The van der Waals surface area contributed by atoms with Crippen LogP contribution in [0.1, 0.15) is 12.8 Å². The van der Waals surface area contributed by atoms with Gasteiger partial charge in [0, 0.05) is 32.2 Å². The smallest absolute Gasteiger partial charge is 0.186 e. The standard InChI is InChI=1S/C16H19N3S/c1-2-4-15-14(3-1)17-16(20-15)19-9-12-5-11-6-13(19)10-18(7-11)8-12/h1-4,11-13H,5-10H2. The molecule has 0 aliphatic carbocycles. The third-order valence-electron chi connectivity index (χ3n) is 5.20. The second-order valence-corrected chi connectivity index (χ2v) is 7.70. The molecule has 0 spiro atoms. The summed E-state index contributed by atoms with van der Waals surface area (Å²) in [5.41, 5.74) is 1.16. The maximum atomic E-state index is 4.90. The minimum Gasteiger partial charge on any atom is -0.343 e. The summed E-state index contributed by atoms with van der Waals surface area (Å²) in [5.74, 6) is 1.79. The Morgan fingerprint density at radius 1 is 1.00 bits per heavy atom. The van der Waals surface area contributed by atoms with E-state index in [0.29, 0.717) is 6.04 Å². The summed E-state index contributed by atoms with van der Waals surface area (Å²) in [6, 6.07) is 9.24. The van der Waals surface area contributed by atoms with Crippen LogP contribution in [0.15, 0.2) is 24.3 Å². The number of nitrogens with zero attached hydrogens (tertiary/aromatic N) is 3. The molecule has 2 aromatic rings. The van der Waals surface area contributed by atoms with Crippen LogP contribution in [-0.2, 0) is 0 Å². The molecule has 4 fully saturated rings. The van der Waals surface area contributed by atoms with E-state index < -0.39 is 0 Å². The van der Waals surface area contributed by atoms with Crippen molar-refractivity contribution in [2.75, 3.05) is 31.1 Å². The molecule has 20 heavy (non-hydrogen) atoms. The van der Waals surface area contributed by atoms with E-state index in [1.807, 2.05) is 11.3 Å². The monoisotopic (exact) mass is 285 g/mol. The Labute approximate surface area is 123 Å². The van der Waals surface area contributed by atoms with E-state index in [1.165, 1.54) is 48.9 Å². The summed E-state index contributed by atoms with van der Waals surface area (Å²) in [6.45, 7) is 5.13. The zero-order chi connectivity index (χ0) is 13.1. The van der Waals surface area contributed by atoms with E-state index in [2.05, 4.69) is 34.1 Å². The summed E-state index contributed by atoms with van der Waals surface area (Å²) in [5, 5.41) is 1.26. The Kier molecular flexibility index (Phi) is 2.41. The molecule has 5 heterocycles. The molecule has 4 bridgehead atoms. The third kappa shape index (κ3) is 1.71. The van der Waals surface area contributed by atoms with Gasteiger partial charge in [0.2, 0.25) is 0 Å². The van der Waals surface area contributed by atoms with Gasteiger partial charge in [-0.05, 0) is 36.8 Å². The first-order valence-corrected chi connectivity index (χ1v) is 8.51. The van der Waals surface area contributed by atoms with Gasteiger partial charge >= 0.3 is 0 Å². The van der Waals surface area contributed by atoms with E-state index in [1.54, 1.807) is 0 Å². The summed E-state index contributed by atoms with van der Waals surface area (Å²) in [4.78, 5) is 10.2. The third-order valence-corrected chi connectivity index (χ3v) is 6.27. The fourth-order valence-corrected chi connectivity index (χ4v) is 5.55. The summed E-state index contributed by atoms with van der Waals surface area (Å²) < 4.78 is 1.33. The normalized spacial score (nSPS) is 35.7. The first-order valence-electron chi connectivity index (χ1n) is 7.70. The van der Waals surface area contributed by atoms with E-state index in [0.717, 1.165) is 17.4 Å². The van der Waals surface area contributed by atoms with Gasteiger partial charge < -0.3 is 9.80 Å². The summed E-state index contributed by atoms with van der Waals surface area (Å²) in [6.07, 6.45) is 2.82. The van der Waals surface area contributed by atoms with Crippen LogP contribution in [0, 0.1) is 11.8 Å². The zero-order valence-electron chi connectivity index (χ0n) is 11.5. The lowest BCUT2D eigenvalue weighted by atomic mass is 9.84. The summed E-state index contributed by atoms with van der Waals surface area (Å²) >= 11 is 1.87. The van der Waals surface area contributed by atoms with Gasteiger partial charge in [0.1, 0.15) is 0 Å². The lowest BCUT2D eigenvalue weighted by molar-refractivity contribution is 0.0980. The highest BCUT2D eigenvalue weighted by molar-refractivity contribution is 7.22. The number of anilines is 1. The number of benzene rings is 1. The van der Waals surface area contributed by atoms with Crippen LogP contribution in [0.4, 0.5) is 5.13 Å². The fourth-order valence-electron chi connectivity index (χ4n) is 4.50. The number of para-hydroxylation sites is 1. The number of hydrogen-bond donors (Lipinski definition) is 0. The van der Waals surface area contributed by atoms with Gasteiger partial charge in [-0.3, -0.25) is 0 Å². The van der Waals surface area contributed by atoms with Gasteiger partial charge in [-0.2, -0.15) is 0 Å². The van der Waals surface area contributed by atoms with E-state index >= 15 is 0 Å². The van der Waals surface area contributed by atoms with Crippen LogP contribution in [0.25, 0.3) is 10.2 Å². The van der Waals surface area contributed by atoms with Crippen molar-refractivity contribution in [1.29, 1.82) is 0 Å². The molecule has 4 saturated heterocycles. The van der Waals surface area contributed by atoms with Gasteiger partial charge in [-0.15, -0.1) is 0 Å². The van der Waals surface area contributed by atoms with Crippen LogP contribution in [0.2, 0.25) is 0 Å². The Balaban J connectivity index is 1.56. The molecular weight excluding hydrogens is 266 g/mol. The number of thiazole rings is 1. The molecule has 4 unspecified atom stereocenters. The number of piperidine rings is 2. The molecule has 4 heteroatoms. The fraction of sp³-hybridized carbons (Fsp3) is 0.562. The van der Waals surface area contributed by atoms with E-state index in [9.17, 15) is 0 Å². The Morgan fingerprint density at radius 2 is 1.90 bits per heavy atom. The Bertz CT molecular complexity index is 605. The van der Waals surface area contributed by atoms with Crippen molar-refractivity contribution >= 4 is 26.7 Å². The maximum absolute atomic E-state index is 4.90. The van der Waals surface area contributed by atoms with Gasteiger partial charge in [0.05, 0.1) is 10.2 Å². The van der Waals surface area contributed by atoms with Gasteiger partial charge in [0.15, 0.2) is 5.13 Å². The lowest BCUT2D eigenvalue weighted by Gasteiger charge is -2.41. The summed E-state index contributed by atoms with van der Waals surface area (Å²) in [7, 11) is 0. The predicted molar refractivity (Wildman–Crippen MR) is 83.4 cm³/mol. The van der Waals surface area contributed by atoms with Crippen molar-refractivity contribution in [3.63, 3.8) is 0 Å². The molecule has 0 amide bonds. The molecule has 3 nitrogen and oxygen atoms in total. The zero-order valence-corrected chi connectivity index (χ0v) is 12.4. The topological polar surface area (TPSA) is 19.4 Å².